The minimum atomic E-state index is -0.769. The molecule has 3 atom stereocenters. The van der Waals surface area contributed by atoms with Crippen LogP contribution in [0.25, 0.3) is 0 Å². The lowest BCUT2D eigenvalue weighted by Crippen LogP contribution is -2.44. The average molecular weight is 364 g/mol. The highest BCUT2D eigenvalue weighted by Crippen LogP contribution is 2.46. The first-order valence-corrected chi connectivity index (χ1v) is 8.57. The van der Waals surface area contributed by atoms with Gasteiger partial charge in [-0.1, -0.05) is 13.0 Å². The fourth-order valence-corrected chi connectivity index (χ4v) is 3.86. The minimum Gasteiger partial charge on any atom is -0.491 e. The van der Waals surface area contributed by atoms with Gasteiger partial charge in [-0.3, -0.25) is 4.79 Å². The molecule has 3 rings (SSSR count). The summed E-state index contributed by atoms with van der Waals surface area (Å²) in [5, 5.41) is 0. The van der Waals surface area contributed by atoms with Crippen molar-refractivity contribution in [1.29, 1.82) is 0 Å². The second-order valence-electron chi connectivity index (χ2n) is 6.83. The van der Waals surface area contributed by atoms with E-state index < -0.39 is 23.0 Å². The van der Waals surface area contributed by atoms with Crippen molar-refractivity contribution in [3.05, 3.63) is 53.8 Å². The fraction of sp³-hybridized carbons (Fsp3) is 0.450. The molecule has 0 spiro atoms. The molecule has 0 saturated carbocycles. The molecule has 1 aliphatic carbocycles. The summed E-state index contributed by atoms with van der Waals surface area (Å²) in [5.74, 6) is -1.76. The van der Waals surface area contributed by atoms with Gasteiger partial charge in [-0.25, -0.2) is 8.78 Å². The fourth-order valence-electron chi connectivity index (χ4n) is 3.86. The van der Waals surface area contributed by atoms with Crippen LogP contribution in [0, 0.1) is 23.5 Å². The van der Waals surface area contributed by atoms with Crippen LogP contribution in [-0.4, -0.2) is 25.3 Å². The van der Waals surface area contributed by atoms with Gasteiger partial charge in [0, 0.05) is 12.0 Å². The molecule has 26 heavy (non-hydrogen) atoms. The number of ether oxygens (including phenoxy) is 3. The Morgan fingerprint density at radius 3 is 2.73 bits per heavy atom. The molecule has 140 valence electrons. The van der Waals surface area contributed by atoms with E-state index in [2.05, 4.69) is 6.58 Å². The van der Waals surface area contributed by atoms with E-state index in [1.165, 1.54) is 25.3 Å². The molecule has 2 aliphatic rings. The van der Waals surface area contributed by atoms with Crippen molar-refractivity contribution in [3.8, 4) is 5.75 Å². The zero-order chi connectivity index (χ0) is 18.9. The lowest BCUT2D eigenvalue weighted by Gasteiger charge is -2.38. The Morgan fingerprint density at radius 1 is 1.42 bits per heavy atom. The Labute approximate surface area is 151 Å². The number of carbonyl (C=O) groups excluding carboxylic acids is 1. The molecule has 0 N–H and O–H groups in total. The van der Waals surface area contributed by atoms with Crippen molar-refractivity contribution in [2.75, 3.05) is 13.9 Å². The molecule has 0 bridgehead atoms. The number of methoxy groups -OCH3 is 1. The summed E-state index contributed by atoms with van der Waals surface area (Å²) in [4.78, 5) is 12.2. The van der Waals surface area contributed by atoms with Crippen molar-refractivity contribution in [3.63, 3.8) is 0 Å². The van der Waals surface area contributed by atoms with E-state index in [1.54, 1.807) is 6.08 Å². The number of hydrogen-bond donors (Lipinski definition) is 0. The van der Waals surface area contributed by atoms with E-state index in [-0.39, 0.29) is 24.4 Å². The molecule has 1 saturated heterocycles. The quantitative estimate of drug-likeness (QED) is 0.717. The number of halogens is 2. The van der Waals surface area contributed by atoms with Gasteiger partial charge in [0.2, 0.25) is 0 Å². The van der Waals surface area contributed by atoms with Gasteiger partial charge in [-0.05, 0) is 42.9 Å². The van der Waals surface area contributed by atoms with Crippen molar-refractivity contribution in [1.82, 2.24) is 0 Å². The molecule has 1 aromatic carbocycles. The highest BCUT2D eigenvalue weighted by molar-refractivity contribution is 5.93. The SMILES string of the molecule is C=CC[C@H]1C[C@]2(C(C)Cc3cc(F)c(OC)c(F)c3)OCOC2=CC1=O. The summed E-state index contributed by atoms with van der Waals surface area (Å²) >= 11 is 0. The van der Waals surface area contributed by atoms with Gasteiger partial charge in [-0.15, -0.1) is 6.58 Å². The molecular weight excluding hydrogens is 342 g/mol. The van der Waals surface area contributed by atoms with Crippen molar-refractivity contribution >= 4 is 5.78 Å². The first-order chi connectivity index (χ1) is 12.4. The summed E-state index contributed by atoms with van der Waals surface area (Å²) < 4.78 is 44.2. The minimum absolute atomic E-state index is 0.00485. The van der Waals surface area contributed by atoms with Crippen LogP contribution in [0.5, 0.6) is 5.75 Å². The molecule has 1 heterocycles. The van der Waals surface area contributed by atoms with Gasteiger partial charge >= 0.3 is 0 Å². The van der Waals surface area contributed by atoms with Crippen LogP contribution < -0.4 is 4.74 Å². The third-order valence-electron chi connectivity index (χ3n) is 5.22. The number of ketones is 1. The van der Waals surface area contributed by atoms with Gasteiger partial charge in [0.05, 0.1) is 7.11 Å². The molecule has 1 fully saturated rings. The zero-order valence-electron chi connectivity index (χ0n) is 14.9. The van der Waals surface area contributed by atoms with Gasteiger partial charge < -0.3 is 14.2 Å². The van der Waals surface area contributed by atoms with Crippen LogP contribution >= 0.6 is 0 Å². The summed E-state index contributed by atoms with van der Waals surface area (Å²) in [7, 11) is 1.22. The van der Waals surface area contributed by atoms with E-state index in [9.17, 15) is 13.6 Å². The van der Waals surface area contributed by atoms with Gasteiger partial charge in [-0.2, -0.15) is 0 Å². The molecule has 0 radical (unpaired) electrons. The molecule has 0 aromatic heterocycles. The van der Waals surface area contributed by atoms with Crippen molar-refractivity contribution in [2.24, 2.45) is 11.8 Å². The lowest BCUT2D eigenvalue weighted by molar-refractivity contribution is -0.123. The monoisotopic (exact) mass is 364 g/mol. The molecule has 1 aromatic rings. The second-order valence-corrected chi connectivity index (χ2v) is 6.83. The highest BCUT2D eigenvalue weighted by Gasteiger charge is 2.51. The highest BCUT2D eigenvalue weighted by atomic mass is 19.1. The van der Waals surface area contributed by atoms with Crippen LogP contribution in [0.1, 0.15) is 25.3 Å². The Bertz CT molecular complexity index is 735. The smallest absolute Gasteiger partial charge is 0.190 e. The van der Waals surface area contributed by atoms with E-state index in [0.717, 1.165) is 0 Å². The predicted octanol–water partition coefficient (Wildman–Crippen LogP) is 3.94. The third kappa shape index (κ3) is 3.14. The van der Waals surface area contributed by atoms with Crippen molar-refractivity contribution < 1.29 is 27.8 Å². The molecule has 1 aliphatic heterocycles. The van der Waals surface area contributed by atoms with Crippen molar-refractivity contribution in [2.45, 2.75) is 31.8 Å². The zero-order valence-corrected chi connectivity index (χ0v) is 14.9. The largest absolute Gasteiger partial charge is 0.491 e. The lowest BCUT2D eigenvalue weighted by atomic mass is 9.71. The van der Waals surface area contributed by atoms with E-state index in [4.69, 9.17) is 14.2 Å². The number of fused-ring (bicyclic) bond motifs is 1. The number of carbonyl (C=O) groups is 1. The normalized spacial score (nSPS) is 25.9. The van der Waals surface area contributed by atoms with Crippen LogP contribution in [-0.2, 0) is 20.7 Å². The second kappa shape index (κ2) is 7.19. The molecule has 4 nitrogen and oxygen atoms in total. The first-order valence-electron chi connectivity index (χ1n) is 8.57. The summed E-state index contributed by atoms with van der Waals surface area (Å²) in [6.45, 7) is 5.70. The van der Waals surface area contributed by atoms with Gasteiger partial charge in [0.1, 0.15) is 11.4 Å². The Morgan fingerprint density at radius 2 is 2.12 bits per heavy atom. The maximum absolute atomic E-state index is 14.0. The first kappa shape index (κ1) is 18.6. The summed E-state index contributed by atoms with van der Waals surface area (Å²) in [6.07, 6.45) is 4.59. The van der Waals surface area contributed by atoms with E-state index >= 15 is 0 Å². The third-order valence-corrected chi connectivity index (χ3v) is 5.22. The maximum Gasteiger partial charge on any atom is 0.190 e. The van der Waals surface area contributed by atoms with E-state index in [0.29, 0.717) is 30.6 Å². The molecule has 1 unspecified atom stereocenters. The van der Waals surface area contributed by atoms with Crippen LogP contribution in [0.3, 0.4) is 0 Å². The average Bonchev–Trinajstić information content (AvgIpc) is 2.99. The van der Waals surface area contributed by atoms with E-state index in [1.807, 2.05) is 6.92 Å². The van der Waals surface area contributed by atoms with Gasteiger partial charge in [0.25, 0.3) is 0 Å². The van der Waals surface area contributed by atoms with Crippen LogP contribution in [0.15, 0.2) is 36.6 Å². The van der Waals surface area contributed by atoms with Crippen LogP contribution in [0.4, 0.5) is 8.78 Å². The topological polar surface area (TPSA) is 44.8 Å². The molecular formula is C20H22F2O4. The van der Waals surface area contributed by atoms with Crippen LogP contribution in [0.2, 0.25) is 0 Å². The Kier molecular flexibility index (Phi) is 5.14. The molecule has 6 heteroatoms. The maximum atomic E-state index is 14.0. The molecule has 0 amide bonds. The number of rotatable bonds is 6. The number of allylic oxidation sites excluding steroid dienone is 2. The Balaban J connectivity index is 1.88. The Hall–Kier alpha value is -2.21. The predicted molar refractivity (Wildman–Crippen MR) is 91.6 cm³/mol. The number of benzene rings is 1. The summed E-state index contributed by atoms with van der Waals surface area (Å²) in [5.41, 5.74) is -0.274. The summed E-state index contributed by atoms with van der Waals surface area (Å²) in [6, 6.07) is 2.53. The van der Waals surface area contributed by atoms with Gasteiger partial charge in [0.15, 0.2) is 30.0 Å². The number of hydrogen-bond acceptors (Lipinski definition) is 4. The standard InChI is InChI=1S/C20H22F2O4/c1-4-5-14-10-20(18(9-17(14)23)25-11-26-20)12(2)6-13-7-15(21)19(24-3)16(22)8-13/h4,7-9,12,14H,1,5-6,10-11H2,2-3H3/t12?,14-,20+/m0/s1.